The van der Waals surface area contributed by atoms with Crippen LogP contribution in [0.3, 0.4) is 0 Å². The van der Waals surface area contributed by atoms with E-state index in [0.717, 1.165) is 32.1 Å². The predicted molar refractivity (Wildman–Crippen MR) is 73.6 cm³/mol. The molecule has 1 fully saturated rings. The Morgan fingerprint density at radius 3 is 2.18 bits per heavy atom. The standard InChI is InChI=1S/C12H27N5/c1-4-13-12(14-5-2)15-6-7-17-10-8-16(3)9-11-17/h4-11H2,1-3H3,(H2,13,14,15). The first-order valence-electron chi connectivity index (χ1n) is 6.69. The van der Waals surface area contributed by atoms with Gasteiger partial charge in [0.25, 0.3) is 0 Å². The van der Waals surface area contributed by atoms with Crippen LogP contribution in [0.1, 0.15) is 13.8 Å². The van der Waals surface area contributed by atoms with Gasteiger partial charge in [-0.1, -0.05) is 0 Å². The zero-order chi connectivity index (χ0) is 12.5. The number of piperazine rings is 1. The third kappa shape index (κ3) is 5.89. The molecule has 0 radical (unpaired) electrons. The van der Waals surface area contributed by atoms with Crippen LogP contribution in [0.4, 0.5) is 0 Å². The summed E-state index contributed by atoms with van der Waals surface area (Å²) in [4.78, 5) is 9.42. The van der Waals surface area contributed by atoms with E-state index in [1.807, 2.05) is 0 Å². The second kappa shape index (κ2) is 8.31. The fourth-order valence-electron chi connectivity index (χ4n) is 1.88. The number of aliphatic imine (C=N–C) groups is 1. The molecule has 0 aromatic rings. The third-order valence-electron chi connectivity index (χ3n) is 2.97. The molecule has 1 saturated heterocycles. The maximum atomic E-state index is 4.56. The molecule has 0 aromatic carbocycles. The first-order valence-corrected chi connectivity index (χ1v) is 6.69. The second-order valence-corrected chi connectivity index (χ2v) is 4.44. The highest BCUT2D eigenvalue weighted by atomic mass is 15.3. The van der Waals surface area contributed by atoms with Crippen molar-refractivity contribution < 1.29 is 0 Å². The Hall–Kier alpha value is -0.810. The topological polar surface area (TPSA) is 42.9 Å². The van der Waals surface area contributed by atoms with Crippen LogP contribution in [0.5, 0.6) is 0 Å². The lowest BCUT2D eigenvalue weighted by atomic mass is 10.3. The minimum atomic E-state index is 0.874. The van der Waals surface area contributed by atoms with Gasteiger partial charge in [0.15, 0.2) is 5.96 Å². The van der Waals surface area contributed by atoms with Crippen LogP contribution >= 0.6 is 0 Å². The van der Waals surface area contributed by atoms with Crippen LogP contribution < -0.4 is 10.6 Å². The van der Waals surface area contributed by atoms with Crippen LogP contribution in [0.15, 0.2) is 4.99 Å². The van der Waals surface area contributed by atoms with Crippen molar-refractivity contribution in [3.05, 3.63) is 0 Å². The van der Waals surface area contributed by atoms with E-state index in [-0.39, 0.29) is 0 Å². The molecule has 1 rings (SSSR count). The highest BCUT2D eigenvalue weighted by Crippen LogP contribution is 1.97. The fourth-order valence-corrected chi connectivity index (χ4v) is 1.88. The first kappa shape index (κ1) is 14.3. The molecule has 100 valence electrons. The highest BCUT2D eigenvalue weighted by molar-refractivity contribution is 5.79. The van der Waals surface area contributed by atoms with Gasteiger partial charge in [-0.3, -0.25) is 9.89 Å². The van der Waals surface area contributed by atoms with Gasteiger partial charge < -0.3 is 15.5 Å². The summed E-state index contributed by atoms with van der Waals surface area (Å²) in [5, 5.41) is 6.48. The summed E-state index contributed by atoms with van der Waals surface area (Å²) in [7, 11) is 2.18. The normalized spacial score (nSPS) is 17.8. The number of hydrogen-bond acceptors (Lipinski definition) is 3. The van der Waals surface area contributed by atoms with Crippen molar-refractivity contribution in [2.24, 2.45) is 4.99 Å². The predicted octanol–water partition coefficient (Wildman–Crippen LogP) is -0.191. The first-order chi connectivity index (χ1) is 8.26. The third-order valence-corrected chi connectivity index (χ3v) is 2.97. The summed E-state index contributed by atoms with van der Waals surface area (Å²) in [5.74, 6) is 0.934. The molecule has 2 N–H and O–H groups in total. The summed E-state index contributed by atoms with van der Waals surface area (Å²) in [5.41, 5.74) is 0. The number of guanidine groups is 1. The van der Waals surface area contributed by atoms with Crippen molar-refractivity contribution in [1.82, 2.24) is 20.4 Å². The largest absolute Gasteiger partial charge is 0.357 e. The summed E-state index contributed by atoms with van der Waals surface area (Å²) in [6.07, 6.45) is 0. The van der Waals surface area contributed by atoms with Gasteiger partial charge in [0.05, 0.1) is 6.54 Å². The smallest absolute Gasteiger partial charge is 0.191 e. The molecule has 0 amide bonds. The van der Waals surface area contributed by atoms with Gasteiger partial charge in [-0.25, -0.2) is 0 Å². The molecule has 0 atom stereocenters. The van der Waals surface area contributed by atoms with Crippen molar-refractivity contribution in [2.45, 2.75) is 13.8 Å². The van der Waals surface area contributed by atoms with Gasteiger partial charge >= 0.3 is 0 Å². The van der Waals surface area contributed by atoms with Crippen LogP contribution in [0.25, 0.3) is 0 Å². The van der Waals surface area contributed by atoms with E-state index >= 15 is 0 Å². The molecule has 1 aliphatic heterocycles. The Morgan fingerprint density at radius 1 is 1.06 bits per heavy atom. The lowest BCUT2D eigenvalue weighted by molar-refractivity contribution is 0.157. The molecule has 1 aliphatic rings. The number of nitrogens with one attached hydrogen (secondary N) is 2. The van der Waals surface area contributed by atoms with E-state index in [1.54, 1.807) is 0 Å². The quantitative estimate of drug-likeness (QED) is 0.517. The zero-order valence-electron chi connectivity index (χ0n) is 11.5. The molecule has 17 heavy (non-hydrogen) atoms. The molecular weight excluding hydrogens is 214 g/mol. The van der Waals surface area contributed by atoms with Crippen LogP contribution in [0, 0.1) is 0 Å². The zero-order valence-corrected chi connectivity index (χ0v) is 11.5. The lowest BCUT2D eigenvalue weighted by Gasteiger charge is -2.31. The van der Waals surface area contributed by atoms with Gasteiger partial charge in [0.1, 0.15) is 0 Å². The van der Waals surface area contributed by atoms with Crippen LogP contribution in [-0.2, 0) is 0 Å². The van der Waals surface area contributed by atoms with Gasteiger partial charge in [-0.15, -0.1) is 0 Å². The lowest BCUT2D eigenvalue weighted by Crippen LogP contribution is -2.45. The molecule has 0 saturated carbocycles. The van der Waals surface area contributed by atoms with E-state index in [0.29, 0.717) is 0 Å². The second-order valence-electron chi connectivity index (χ2n) is 4.44. The summed E-state index contributed by atoms with van der Waals surface area (Å²) >= 11 is 0. The molecule has 0 aliphatic carbocycles. The average molecular weight is 241 g/mol. The van der Waals surface area contributed by atoms with Crippen LogP contribution in [0.2, 0.25) is 0 Å². The van der Waals surface area contributed by atoms with Crippen molar-refractivity contribution in [3.63, 3.8) is 0 Å². The Morgan fingerprint density at radius 2 is 1.65 bits per heavy atom. The molecule has 0 bridgehead atoms. The summed E-state index contributed by atoms with van der Waals surface area (Å²) in [6.45, 7) is 12.6. The molecule has 0 aromatic heterocycles. The molecule has 5 heteroatoms. The Kier molecular flexibility index (Phi) is 6.96. The monoisotopic (exact) mass is 241 g/mol. The Balaban J connectivity index is 2.21. The van der Waals surface area contributed by atoms with Gasteiger partial charge in [-0.05, 0) is 20.9 Å². The minimum absolute atomic E-state index is 0.874. The van der Waals surface area contributed by atoms with Crippen LogP contribution in [-0.4, -0.2) is 75.2 Å². The van der Waals surface area contributed by atoms with Crippen molar-refractivity contribution in [3.8, 4) is 0 Å². The Bertz CT molecular complexity index is 213. The molecule has 5 nitrogen and oxygen atoms in total. The number of likely N-dealkylation sites (N-methyl/N-ethyl adjacent to an activating group) is 1. The fraction of sp³-hybridized carbons (Fsp3) is 0.917. The summed E-state index contributed by atoms with van der Waals surface area (Å²) in [6, 6.07) is 0. The SMILES string of the molecule is CCNC(=NCCN1CCN(C)CC1)NCC. The van der Waals surface area contributed by atoms with Gasteiger partial charge in [-0.2, -0.15) is 0 Å². The van der Waals surface area contributed by atoms with Gasteiger partial charge in [0, 0.05) is 45.8 Å². The maximum absolute atomic E-state index is 4.56. The number of hydrogen-bond donors (Lipinski definition) is 2. The molecule has 1 heterocycles. The summed E-state index contributed by atoms with van der Waals surface area (Å²) < 4.78 is 0. The van der Waals surface area contributed by atoms with Crippen molar-refractivity contribution in [2.75, 3.05) is 59.4 Å². The van der Waals surface area contributed by atoms with Crippen molar-refractivity contribution >= 4 is 5.96 Å². The molecular formula is C12H27N5. The minimum Gasteiger partial charge on any atom is -0.357 e. The average Bonchev–Trinajstić information content (AvgIpc) is 2.32. The van der Waals surface area contributed by atoms with E-state index in [2.05, 4.69) is 46.3 Å². The number of rotatable bonds is 5. The molecule has 0 spiro atoms. The van der Waals surface area contributed by atoms with Gasteiger partial charge in [0.2, 0.25) is 0 Å². The highest BCUT2D eigenvalue weighted by Gasteiger charge is 2.12. The van der Waals surface area contributed by atoms with Crippen molar-refractivity contribution in [1.29, 1.82) is 0 Å². The Labute approximate surface area is 105 Å². The van der Waals surface area contributed by atoms with E-state index in [9.17, 15) is 0 Å². The maximum Gasteiger partial charge on any atom is 0.191 e. The van der Waals surface area contributed by atoms with E-state index < -0.39 is 0 Å². The van der Waals surface area contributed by atoms with E-state index in [1.165, 1.54) is 26.2 Å². The molecule has 0 unspecified atom stereocenters. The number of nitrogens with zero attached hydrogens (tertiary/aromatic N) is 3. The van der Waals surface area contributed by atoms with E-state index in [4.69, 9.17) is 0 Å².